The normalized spacial score (nSPS) is 10.0. The van der Waals surface area contributed by atoms with Gasteiger partial charge in [-0.15, -0.1) is 0 Å². The third-order valence-electron chi connectivity index (χ3n) is 2.31. The quantitative estimate of drug-likeness (QED) is 0.530. The fourth-order valence-electron chi connectivity index (χ4n) is 1.30. The second-order valence-corrected chi connectivity index (χ2v) is 3.09. The second kappa shape index (κ2) is 8.70. The van der Waals surface area contributed by atoms with Gasteiger partial charge >= 0.3 is 92.9 Å². The molecule has 4 nitrogen and oxygen atoms in total. The Morgan fingerprint density at radius 1 is 1.21 bits per heavy atom. The Bertz CT molecular complexity index is 192. The molecule has 0 rings (SSSR count). The van der Waals surface area contributed by atoms with Crippen LogP contribution in [-0.4, -0.2) is 103 Å². The van der Waals surface area contributed by atoms with Crippen molar-refractivity contribution in [2.24, 2.45) is 11.3 Å². The molecule has 0 aliphatic heterocycles. The summed E-state index contributed by atoms with van der Waals surface area (Å²) in [5.74, 6) is -2.92. The van der Waals surface area contributed by atoms with E-state index in [1.165, 1.54) is 0 Å². The summed E-state index contributed by atoms with van der Waals surface area (Å²) < 4.78 is 0. The molecule has 0 saturated carbocycles. The second-order valence-electron chi connectivity index (χ2n) is 3.09. The summed E-state index contributed by atoms with van der Waals surface area (Å²) in [5, 5.41) is 17.6. The predicted octanol–water partition coefficient (Wildman–Crippen LogP) is -0.0890. The van der Waals surface area contributed by atoms with Gasteiger partial charge in [-0.05, 0) is 12.3 Å². The van der Waals surface area contributed by atoms with Crippen molar-refractivity contribution < 1.29 is 19.8 Å². The fourth-order valence-corrected chi connectivity index (χ4v) is 1.30. The molecule has 0 saturated heterocycles. The third-order valence-corrected chi connectivity index (χ3v) is 2.31. The molecular formula is C8H16KNaO4. The van der Waals surface area contributed by atoms with Crippen LogP contribution in [0.4, 0.5) is 0 Å². The Balaban J connectivity index is -0.000000605. The van der Waals surface area contributed by atoms with Crippen LogP contribution < -0.4 is 0 Å². The van der Waals surface area contributed by atoms with Crippen molar-refractivity contribution in [2.75, 3.05) is 0 Å². The molecule has 0 radical (unpaired) electrons. The Morgan fingerprint density at radius 2 is 1.50 bits per heavy atom. The number of carboxylic acids is 2. The summed E-state index contributed by atoms with van der Waals surface area (Å²) in [6.45, 7) is 4.78. The molecule has 74 valence electrons. The Hall–Kier alpha value is 1.58. The van der Waals surface area contributed by atoms with Crippen LogP contribution in [0.15, 0.2) is 0 Å². The number of hydrogen-bond acceptors (Lipinski definition) is 2. The Kier molecular flexibility index (Phi) is 13.0. The first kappa shape index (κ1) is 20.9. The Labute approximate surface area is 149 Å². The summed E-state index contributed by atoms with van der Waals surface area (Å²) >= 11 is 0. The van der Waals surface area contributed by atoms with Gasteiger partial charge in [0.1, 0.15) is 0 Å². The molecular weight excluding hydrogens is 222 g/mol. The molecule has 14 heavy (non-hydrogen) atoms. The number of carboxylic acid groups (broad SMARTS) is 2. The zero-order chi connectivity index (χ0) is 9.94. The molecule has 0 amide bonds. The summed E-state index contributed by atoms with van der Waals surface area (Å²) in [7, 11) is 0. The number of carbonyl (C=O) groups is 2. The average Bonchev–Trinajstić information content (AvgIpc) is 1.86. The minimum absolute atomic E-state index is 0. The van der Waals surface area contributed by atoms with Gasteiger partial charge in [0.05, 0.1) is 0 Å². The first-order valence-corrected chi connectivity index (χ1v) is 3.86. The maximum absolute atomic E-state index is 10.8. The van der Waals surface area contributed by atoms with Crippen molar-refractivity contribution in [2.45, 2.75) is 27.2 Å². The zero-order valence-electron chi connectivity index (χ0n) is 7.50. The molecule has 0 aliphatic carbocycles. The van der Waals surface area contributed by atoms with E-state index in [1.807, 2.05) is 0 Å². The van der Waals surface area contributed by atoms with Gasteiger partial charge in [0.2, 0.25) is 0 Å². The van der Waals surface area contributed by atoms with Crippen LogP contribution in [-0.2, 0) is 9.59 Å². The van der Waals surface area contributed by atoms with E-state index in [9.17, 15) is 9.59 Å². The maximum atomic E-state index is 10.8. The molecule has 2 N–H and O–H groups in total. The molecule has 0 unspecified atom stereocenters. The molecule has 0 spiro atoms. The number of aliphatic carboxylic acids is 2. The van der Waals surface area contributed by atoms with Gasteiger partial charge < -0.3 is 10.2 Å². The SMILES string of the molecule is CCC(C(=O)O)(C(=O)O)C(C)C.[KH].[NaH]. The van der Waals surface area contributed by atoms with E-state index in [2.05, 4.69) is 0 Å². The van der Waals surface area contributed by atoms with Crippen LogP contribution in [0.5, 0.6) is 0 Å². The molecule has 0 aromatic heterocycles. The van der Waals surface area contributed by atoms with Crippen LogP contribution in [0, 0.1) is 11.3 Å². The van der Waals surface area contributed by atoms with Crippen LogP contribution in [0.25, 0.3) is 0 Å². The standard InChI is InChI=1S/C8H14O4.K.Na.2H/c1-4-8(5(2)3,6(9)10)7(11)12;;;;/h5H,4H2,1-3H3,(H,9,10)(H,11,12);;;;. The summed E-state index contributed by atoms with van der Waals surface area (Å²) in [4.78, 5) is 21.5. The van der Waals surface area contributed by atoms with Crippen molar-refractivity contribution in [3.63, 3.8) is 0 Å². The zero-order valence-corrected chi connectivity index (χ0v) is 7.50. The van der Waals surface area contributed by atoms with Gasteiger partial charge in [0, 0.05) is 0 Å². The first-order chi connectivity index (χ1) is 5.39. The van der Waals surface area contributed by atoms with Gasteiger partial charge in [-0.1, -0.05) is 20.8 Å². The Morgan fingerprint density at radius 3 is 1.50 bits per heavy atom. The minimum atomic E-state index is -1.63. The van der Waals surface area contributed by atoms with Gasteiger partial charge in [0.25, 0.3) is 0 Å². The van der Waals surface area contributed by atoms with E-state index in [0.29, 0.717) is 0 Å². The molecule has 0 aromatic carbocycles. The molecule has 0 fully saturated rings. The molecule has 0 aliphatic rings. The van der Waals surface area contributed by atoms with Crippen LogP contribution in [0.3, 0.4) is 0 Å². The van der Waals surface area contributed by atoms with Crippen LogP contribution in [0.1, 0.15) is 27.2 Å². The predicted molar refractivity (Wildman–Crippen MR) is 57.1 cm³/mol. The molecule has 6 heteroatoms. The van der Waals surface area contributed by atoms with Crippen molar-refractivity contribution in [3.8, 4) is 0 Å². The van der Waals surface area contributed by atoms with E-state index >= 15 is 0 Å². The monoisotopic (exact) mass is 238 g/mol. The van der Waals surface area contributed by atoms with Crippen molar-refractivity contribution in [1.29, 1.82) is 0 Å². The van der Waals surface area contributed by atoms with Crippen LogP contribution >= 0.6 is 0 Å². The van der Waals surface area contributed by atoms with Crippen molar-refractivity contribution >= 4 is 92.9 Å². The average molecular weight is 238 g/mol. The number of hydrogen-bond donors (Lipinski definition) is 2. The van der Waals surface area contributed by atoms with E-state index in [0.717, 1.165) is 0 Å². The van der Waals surface area contributed by atoms with Crippen LogP contribution in [0.2, 0.25) is 0 Å². The summed E-state index contributed by atoms with van der Waals surface area (Å²) in [6.07, 6.45) is 0.106. The first-order valence-electron chi connectivity index (χ1n) is 3.86. The van der Waals surface area contributed by atoms with E-state index in [-0.39, 0.29) is 87.4 Å². The summed E-state index contributed by atoms with van der Waals surface area (Å²) in [5.41, 5.74) is -1.63. The molecule has 0 aromatic rings. The fraction of sp³-hybridized carbons (Fsp3) is 0.750. The molecule has 0 atom stereocenters. The van der Waals surface area contributed by atoms with Gasteiger partial charge in [-0.2, -0.15) is 0 Å². The van der Waals surface area contributed by atoms with Gasteiger partial charge in [-0.3, -0.25) is 9.59 Å². The molecule has 0 heterocycles. The van der Waals surface area contributed by atoms with Crippen molar-refractivity contribution in [3.05, 3.63) is 0 Å². The van der Waals surface area contributed by atoms with E-state index in [1.54, 1.807) is 20.8 Å². The third kappa shape index (κ3) is 4.21. The topological polar surface area (TPSA) is 74.6 Å². The van der Waals surface area contributed by atoms with Gasteiger partial charge in [-0.25, -0.2) is 0 Å². The van der Waals surface area contributed by atoms with Gasteiger partial charge in [0.15, 0.2) is 5.41 Å². The van der Waals surface area contributed by atoms with E-state index in [4.69, 9.17) is 10.2 Å². The van der Waals surface area contributed by atoms with Crippen molar-refractivity contribution in [1.82, 2.24) is 0 Å². The molecule has 0 bridgehead atoms. The number of rotatable bonds is 4. The summed E-state index contributed by atoms with van der Waals surface area (Å²) in [6, 6.07) is 0. The van der Waals surface area contributed by atoms with E-state index < -0.39 is 23.3 Å².